The third-order valence-corrected chi connectivity index (χ3v) is 12.4. The lowest BCUT2D eigenvalue weighted by molar-refractivity contribution is -0.137. The molecule has 2 aromatic heterocycles. The molecule has 0 bridgehead atoms. The highest BCUT2D eigenvalue weighted by Gasteiger charge is 2.41. The summed E-state index contributed by atoms with van der Waals surface area (Å²) in [7, 11) is 2.62. The van der Waals surface area contributed by atoms with Crippen molar-refractivity contribution >= 4 is 24.0 Å². The second-order valence-corrected chi connectivity index (χ2v) is 17.6. The van der Waals surface area contributed by atoms with Gasteiger partial charge in [0.25, 0.3) is 0 Å². The highest BCUT2D eigenvalue weighted by atomic mass is 16.5. The monoisotopic (exact) mass is 805 g/mol. The fourth-order valence-corrected chi connectivity index (χ4v) is 9.16. The first-order chi connectivity index (χ1) is 28.3. The molecule has 4 amide bonds. The molecular weight excluding hydrogens is 747 g/mol. The number of methoxy groups -OCH3 is 2. The number of carbonyl (C=O) groups excluding carboxylic acids is 4. The van der Waals surface area contributed by atoms with Gasteiger partial charge in [0.1, 0.15) is 17.9 Å². The average molecular weight is 806 g/mol. The molecule has 1 unspecified atom stereocenters. The first-order valence-electron chi connectivity index (χ1n) is 21.1. The molecule has 2 aliphatic heterocycles. The number of hydrogen-bond donors (Lipinski definition) is 4. The number of imidazole rings is 1. The summed E-state index contributed by atoms with van der Waals surface area (Å²) in [5.41, 5.74) is 9.90. The molecule has 4 atom stereocenters. The molecule has 2 aromatic carbocycles. The quantitative estimate of drug-likeness (QED) is 0.122. The third kappa shape index (κ3) is 8.74. The van der Waals surface area contributed by atoms with E-state index in [-0.39, 0.29) is 29.8 Å². The molecule has 2 fully saturated rings. The largest absolute Gasteiger partial charge is 0.453 e. The number of ether oxygens (including phenoxy) is 2. The minimum atomic E-state index is -0.734. The molecule has 0 saturated carbocycles. The smallest absolute Gasteiger partial charge is 0.407 e. The molecule has 13 heteroatoms. The molecule has 3 aliphatic rings. The Labute approximate surface area is 347 Å². The summed E-state index contributed by atoms with van der Waals surface area (Å²) in [4.78, 5) is 67.4. The Morgan fingerprint density at radius 3 is 2.00 bits per heavy atom. The number of nitrogens with one attached hydrogen (secondary N) is 4. The van der Waals surface area contributed by atoms with Crippen LogP contribution in [0.4, 0.5) is 9.59 Å². The number of carbonyl (C=O) groups is 4. The van der Waals surface area contributed by atoms with Crippen LogP contribution in [0.2, 0.25) is 0 Å². The molecule has 7 rings (SSSR count). The molecule has 13 nitrogen and oxygen atoms in total. The summed E-state index contributed by atoms with van der Waals surface area (Å²) in [5, 5.41) is 5.51. The van der Waals surface area contributed by atoms with E-state index >= 15 is 0 Å². The van der Waals surface area contributed by atoms with Crippen molar-refractivity contribution in [2.75, 3.05) is 27.3 Å². The van der Waals surface area contributed by atoms with Crippen molar-refractivity contribution < 1.29 is 28.7 Å². The van der Waals surface area contributed by atoms with Gasteiger partial charge in [-0.25, -0.2) is 14.6 Å². The Bertz CT molecular complexity index is 2150. The second-order valence-electron chi connectivity index (χ2n) is 17.6. The lowest BCUT2D eigenvalue weighted by atomic mass is 9.85. The van der Waals surface area contributed by atoms with Crippen LogP contribution in [0.1, 0.15) is 95.4 Å². The van der Waals surface area contributed by atoms with Crippen LogP contribution in [0.15, 0.2) is 54.7 Å². The number of rotatable bonds is 11. The maximum atomic E-state index is 13.8. The average Bonchev–Trinajstić information content (AvgIpc) is 4.08. The number of H-pyrrole nitrogens is 2. The number of aromatic amines is 2. The fraction of sp³-hybridized carbons (Fsp3) is 0.500. The van der Waals surface area contributed by atoms with E-state index in [2.05, 4.69) is 69.1 Å². The Morgan fingerprint density at radius 1 is 0.763 bits per heavy atom. The number of alkyl carbamates (subject to hydrolysis) is 2. The lowest BCUT2D eigenvalue weighted by Gasteiger charge is -2.35. The van der Waals surface area contributed by atoms with E-state index in [4.69, 9.17) is 14.5 Å². The van der Waals surface area contributed by atoms with Gasteiger partial charge in [-0.2, -0.15) is 0 Å². The summed E-state index contributed by atoms with van der Waals surface area (Å²) >= 11 is 0. The zero-order valence-electron chi connectivity index (χ0n) is 35.4. The topological polar surface area (TPSA) is 162 Å². The van der Waals surface area contributed by atoms with Crippen LogP contribution in [-0.2, 0) is 38.3 Å². The van der Waals surface area contributed by atoms with Crippen LogP contribution < -0.4 is 10.6 Å². The van der Waals surface area contributed by atoms with Crippen molar-refractivity contribution in [3.05, 3.63) is 77.4 Å². The van der Waals surface area contributed by atoms with Gasteiger partial charge in [0.15, 0.2) is 0 Å². The number of aromatic nitrogens is 3. The van der Waals surface area contributed by atoms with Gasteiger partial charge in [0.2, 0.25) is 11.8 Å². The number of likely N-dealkylation sites (tertiary alicyclic amines) is 2. The molecule has 4 aromatic rings. The third-order valence-electron chi connectivity index (χ3n) is 12.4. The second kappa shape index (κ2) is 17.3. The summed E-state index contributed by atoms with van der Waals surface area (Å²) in [6.45, 7) is 11.0. The molecule has 0 spiro atoms. The van der Waals surface area contributed by atoms with E-state index in [0.717, 1.165) is 85.1 Å². The first-order valence-corrected chi connectivity index (χ1v) is 21.1. The number of fused-ring (bicyclic) bond motifs is 1. The molecule has 314 valence electrons. The summed E-state index contributed by atoms with van der Waals surface area (Å²) in [6.07, 6.45) is 8.08. The van der Waals surface area contributed by atoms with Crippen LogP contribution in [0.3, 0.4) is 0 Å². The number of amides is 4. The van der Waals surface area contributed by atoms with Crippen molar-refractivity contribution in [3.8, 4) is 33.6 Å². The van der Waals surface area contributed by atoms with Gasteiger partial charge in [-0.15, -0.1) is 0 Å². The lowest BCUT2D eigenvalue weighted by Crippen LogP contribution is -2.54. The SMILES string of the molecule is COC(=O)NC(C(=O)N1CCC[C@H]1Cc1[nH]c(-c2ccc(-c3ccc(-c4cnc([C@@H]5CCCN5C(=O)[C@@H](NC(=O)OC)C(C)(C)C)[nH]4)cc3)cc2)c2c1CCC2)C(C)C. The van der Waals surface area contributed by atoms with Gasteiger partial charge in [0.05, 0.1) is 32.2 Å². The molecule has 59 heavy (non-hydrogen) atoms. The van der Waals surface area contributed by atoms with Gasteiger partial charge < -0.3 is 39.9 Å². The van der Waals surface area contributed by atoms with Gasteiger partial charge in [-0.1, -0.05) is 83.1 Å². The van der Waals surface area contributed by atoms with Crippen LogP contribution in [-0.4, -0.2) is 94.2 Å². The van der Waals surface area contributed by atoms with E-state index < -0.39 is 29.7 Å². The maximum absolute atomic E-state index is 13.8. The van der Waals surface area contributed by atoms with Crippen LogP contribution in [0, 0.1) is 11.3 Å². The summed E-state index contributed by atoms with van der Waals surface area (Å²) < 4.78 is 9.63. The minimum Gasteiger partial charge on any atom is -0.453 e. The van der Waals surface area contributed by atoms with Crippen LogP contribution >= 0.6 is 0 Å². The van der Waals surface area contributed by atoms with Crippen molar-refractivity contribution in [1.29, 1.82) is 0 Å². The summed E-state index contributed by atoms with van der Waals surface area (Å²) in [6, 6.07) is 15.6. The van der Waals surface area contributed by atoms with Gasteiger partial charge in [-0.3, -0.25) is 9.59 Å². The predicted octanol–water partition coefficient (Wildman–Crippen LogP) is 7.58. The minimum absolute atomic E-state index is 0.0415. The van der Waals surface area contributed by atoms with E-state index in [1.807, 2.05) is 50.6 Å². The fourth-order valence-electron chi connectivity index (χ4n) is 9.16. The van der Waals surface area contributed by atoms with E-state index in [0.29, 0.717) is 13.1 Å². The van der Waals surface area contributed by atoms with Crippen LogP contribution in [0.5, 0.6) is 0 Å². The maximum Gasteiger partial charge on any atom is 0.407 e. The number of hydrogen-bond acceptors (Lipinski definition) is 7. The Balaban J connectivity index is 1.03. The zero-order chi connectivity index (χ0) is 42.0. The molecule has 1 aliphatic carbocycles. The highest BCUT2D eigenvalue weighted by Crippen LogP contribution is 2.38. The first kappa shape index (κ1) is 41.6. The van der Waals surface area contributed by atoms with Crippen molar-refractivity contribution in [2.45, 2.75) is 110 Å². The van der Waals surface area contributed by atoms with Gasteiger partial charge in [-0.05, 0) is 89.7 Å². The van der Waals surface area contributed by atoms with Gasteiger partial charge in [0, 0.05) is 36.9 Å². The highest BCUT2D eigenvalue weighted by molar-refractivity contribution is 5.87. The zero-order valence-corrected chi connectivity index (χ0v) is 35.4. The van der Waals surface area contributed by atoms with Gasteiger partial charge >= 0.3 is 12.2 Å². The molecule has 2 saturated heterocycles. The van der Waals surface area contributed by atoms with E-state index in [1.54, 1.807) is 0 Å². The van der Waals surface area contributed by atoms with Crippen molar-refractivity contribution in [1.82, 2.24) is 35.4 Å². The van der Waals surface area contributed by atoms with E-state index in [1.165, 1.54) is 36.7 Å². The molecule has 4 N–H and O–H groups in total. The Kier molecular flexibility index (Phi) is 12.2. The number of nitrogens with zero attached hydrogens (tertiary/aromatic N) is 3. The van der Waals surface area contributed by atoms with E-state index in [9.17, 15) is 19.2 Å². The van der Waals surface area contributed by atoms with Crippen LogP contribution in [0.25, 0.3) is 33.6 Å². The number of benzene rings is 2. The van der Waals surface area contributed by atoms with Crippen molar-refractivity contribution in [3.63, 3.8) is 0 Å². The predicted molar refractivity (Wildman–Crippen MR) is 226 cm³/mol. The molecular formula is C46H59N7O6. The Morgan fingerprint density at radius 2 is 1.36 bits per heavy atom. The summed E-state index contributed by atoms with van der Waals surface area (Å²) in [5.74, 6) is 0.490. The van der Waals surface area contributed by atoms with Crippen molar-refractivity contribution in [2.24, 2.45) is 11.3 Å². The molecule has 4 heterocycles. The Hall–Kier alpha value is -5.59. The molecule has 0 radical (unpaired) electrons. The normalized spacial score (nSPS) is 18.8. The standard InChI is InChI=1S/C46H59N7O6/c1-27(2)38(50-44(56)58-6)42(54)52-23-9-11-32(52)25-35-33-12-8-13-34(33)39(48-35)31-21-17-29(18-22-31)28-15-19-30(20-16-28)36-26-47-41(49-36)37-14-10-24-53(37)43(55)40(46(3,4)5)51-45(57)59-7/h15-22,26-27,32,37-38,40,48H,8-14,23-25H2,1-7H3,(H,47,49)(H,50,56)(H,51,57)/t32-,37-,38?,40+/m0/s1.